The van der Waals surface area contributed by atoms with E-state index in [2.05, 4.69) is 134 Å². The lowest BCUT2D eigenvalue weighted by molar-refractivity contribution is 0.677. The first kappa shape index (κ1) is 20.8. The maximum atomic E-state index is 5.30. The molecule has 0 spiro atoms. The van der Waals surface area contributed by atoms with Crippen LogP contribution in [-0.4, -0.2) is 14.5 Å². The van der Waals surface area contributed by atoms with Crippen LogP contribution < -0.4 is 0 Å². The molecule has 1 aliphatic rings. The van der Waals surface area contributed by atoms with E-state index in [4.69, 9.17) is 9.97 Å². The van der Waals surface area contributed by atoms with Crippen LogP contribution >= 0.6 is 0 Å². The monoisotopic (exact) mass is 463 g/mol. The molecular weight excluding hydrogens is 438 g/mol. The Hall–Kier alpha value is -4.50. The van der Waals surface area contributed by atoms with Crippen LogP contribution in [0, 0.1) is 0 Å². The van der Waals surface area contributed by atoms with Crippen LogP contribution in [0.3, 0.4) is 0 Å². The number of hydrogen-bond acceptors (Lipinski definition) is 2. The van der Waals surface area contributed by atoms with E-state index in [1.807, 2.05) is 0 Å². The van der Waals surface area contributed by atoms with E-state index in [0.717, 1.165) is 28.0 Å². The highest BCUT2D eigenvalue weighted by Gasteiger charge is 2.32. The number of aromatic nitrogens is 3. The van der Waals surface area contributed by atoms with Gasteiger partial charge in [0.1, 0.15) is 0 Å². The summed E-state index contributed by atoms with van der Waals surface area (Å²) in [6.45, 7) is 4.48. The predicted octanol–water partition coefficient (Wildman–Crippen LogP) is 8.21. The highest BCUT2D eigenvalue weighted by molar-refractivity contribution is 6.09. The Balaban J connectivity index is 1.52. The number of benzene rings is 4. The summed E-state index contributed by atoms with van der Waals surface area (Å²) in [4.78, 5) is 10.4. The average molecular weight is 464 g/mol. The Bertz CT molecular complexity index is 1750. The van der Waals surface area contributed by atoms with Crippen molar-refractivity contribution in [1.82, 2.24) is 14.5 Å². The van der Waals surface area contributed by atoms with Gasteiger partial charge in [-0.25, -0.2) is 9.97 Å². The number of nitrogens with zero attached hydrogens (tertiary/aromatic N) is 3. The van der Waals surface area contributed by atoms with E-state index in [1.165, 1.54) is 27.5 Å². The maximum absolute atomic E-state index is 5.30. The van der Waals surface area contributed by atoms with Gasteiger partial charge in [-0.2, -0.15) is 0 Å². The summed E-state index contributed by atoms with van der Waals surface area (Å²) in [5, 5.41) is 2.42. The lowest BCUT2D eigenvalue weighted by Crippen LogP contribution is -2.16. The van der Waals surface area contributed by atoms with Crippen LogP contribution in [-0.2, 0) is 5.41 Å². The van der Waals surface area contributed by atoms with E-state index in [1.54, 1.807) is 0 Å². The lowest BCUT2D eigenvalue weighted by atomic mass is 9.85. The molecule has 1 aliphatic carbocycles. The Morgan fingerprint density at radius 1 is 0.611 bits per heavy atom. The summed E-state index contributed by atoms with van der Waals surface area (Å²) in [5.41, 5.74) is 8.73. The van der Waals surface area contributed by atoms with Crippen molar-refractivity contribution in [3.05, 3.63) is 120 Å². The Morgan fingerprint density at radius 2 is 1.22 bits per heavy atom. The smallest absolute Gasteiger partial charge is 0.235 e. The molecule has 6 aromatic rings. The molecule has 36 heavy (non-hydrogen) atoms. The van der Waals surface area contributed by atoms with Gasteiger partial charge in [0, 0.05) is 27.3 Å². The molecule has 4 aromatic carbocycles. The van der Waals surface area contributed by atoms with Gasteiger partial charge >= 0.3 is 0 Å². The molecule has 0 fully saturated rings. The normalized spacial score (nSPS) is 13.9. The van der Waals surface area contributed by atoms with Crippen molar-refractivity contribution in [3.63, 3.8) is 0 Å². The zero-order valence-corrected chi connectivity index (χ0v) is 20.3. The fraction of sp³-hybridized carbons (Fsp3) is 0.0909. The van der Waals surface area contributed by atoms with Crippen LogP contribution in [0.2, 0.25) is 0 Å². The van der Waals surface area contributed by atoms with Gasteiger partial charge in [-0.1, -0.05) is 105 Å². The number of fused-ring (bicyclic) bond motifs is 4. The van der Waals surface area contributed by atoms with Crippen molar-refractivity contribution in [3.8, 4) is 28.3 Å². The van der Waals surface area contributed by atoms with Crippen LogP contribution in [0.5, 0.6) is 0 Å². The molecule has 0 atom stereocenters. The van der Waals surface area contributed by atoms with Gasteiger partial charge < -0.3 is 0 Å². The molecule has 0 aliphatic heterocycles. The molecule has 2 heterocycles. The number of para-hydroxylation sites is 2. The summed E-state index contributed by atoms with van der Waals surface area (Å²) in [7, 11) is 0. The summed E-state index contributed by atoms with van der Waals surface area (Å²) < 4.78 is 2.20. The molecular formula is C33H25N3. The average Bonchev–Trinajstić information content (AvgIpc) is 3.43. The SMILES string of the molecule is CC1(C)C=Cc2nc(-n3c4ccccc4c4ccccc43)nc(-c3cccc(-c4ccccc4)c3)c21. The molecule has 0 radical (unpaired) electrons. The Kier molecular flexibility index (Phi) is 4.49. The van der Waals surface area contributed by atoms with E-state index >= 15 is 0 Å². The molecule has 3 heteroatoms. The van der Waals surface area contributed by atoms with Gasteiger partial charge in [0.25, 0.3) is 0 Å². The topological polar surface area (TPSA) is 30.7 Å². The zero-order chi connectivity index (χ0) is 24.3. The van der Waals surface area contributed by atoms with Gasteiger partial charge in [-0.3, -0.25) is 4.57 Å². The van der Waals surface area contributed by atoms with Gasteiger partial charge in [-0.05, 0) is 35.4 Å². The molecule has 0 saturated heterocycles. The Labute approximate surface area is 210 Å². The molecule has 0 N–H and O–H groups in total. The molecule has 7 rings (SSSR count). The second-order valence-corrected chi connectivity index (χ2v) is 10.0. The van der Waals surface area contributed by atoms with E-state index in [9.17, 15) is 0 Å². The van der Waals surface area contributed by atoms with Crippen LogP contribution in [0.15, 0.2) is 109 Å². The van der Waals surface area contributed by atoms with Gasteiger partial charge in [-0.15, -0.1) is 0 Å². The van der Waals surface area contributed by atoms with Gasteiger partial charge in [0.05, 0.1) is 22.4 Å². The second kappa shape index (κ2) is 7.76. The van der Waals surface area contributed by atoms with Crippen molar-refractivity contribution in [2.24, 2.45) is 0 Å². The zero-order valence-electron chi connectivity index (χ0n) is 20.3. The van der Waals surface area contributed by atoms with Crippen molar-refractivity contribution < 1.29 is 0 Å². The predicted molar refractivity (Wildman–Crippen MR) is 149 cm³/mol. The third kappa shape index (κ3) is 3.13. The van der Waals surface area contributed by atoms with Gasteiger partial charge in [0.2, 0.25) is 5.95 Å². The molecule has 3 nitrogen and oxygen atoms in total. The van der Waals surface area contributed by atoms with Crippen molar-refractivity contribution in [1.29, 1.82) is 0 Å². The van der Waals surface area contributed by atoms with Crippen LogP contribution in [0.1, 0.15) is 25.1 Å². The summed E-state index contributed by atoms with van der Waals surface area (Å²) in [6.07, 6.45) is 4.39. The summed E-state index contributed by atoms with van der Waals surface area (Å²) in [5.74, 6) is 0.702. The number of hydrogen-bond donors (Lipinski definition) is 0. The minimum absolute atomic E-state index is 0.146. The number of rotatable bonds is 3. The first-order valence-electron chi connectivity index (χ1n) is 12.4. The molecule has 0 unspecified atom stereocenters. The third-order valence-electron chi connectivity index (χ3n) is 7.25. The first-order valence-corrected chi connectivity index (χ1v) is 12.4. The quantitative estimate of drug-likeness (QED) is 0.265. The maximum Gasteiger partial charge on any atom is 0.235 e. The van der Waals surface area contributed by atoms with E-state index < -0.39 is 0 Å². The molecule has 0 amide bonds. The summed E-state index contributed by atoms with van der Waals surface area (Å²) in [6, 6.07) is 36.2. The van der Waals surface area contributed by atoms with Crippen molar-refractivity contribution in [2.45, 2.75) is 19.3 Å². The minimum Gasteiger partial charge on any atom is -0.278 e. The second-order valence-electron chi connectivity index (χ2n) is 10.0. The molecule has 2 aromatic heterocycles. The fourth-order valence-corrected chi connectivity index (χ4v) is 5.52. The molecule has 0 bridgehead atoms. The van der Waals surface area contributed by atoms with Crippen LogP contribution in [0.25, 0.3) is 56.2 Å². The Morgan fingerprint density at radius 3 is 1.94 bits per heavy atom. The van der Waals surface area contributed by atoms with Crippen molar-refractivity contribution >= 4 is 27.9 Å². The third-order valence-corrected chi connectivity index (χ3v) is 7.25. The fourth-order valence-electron chi connectivity index (χ4n) is 5.52. The van der Waals surface area contributed by atoms with E-state index in [-0.39, 0.29) is 5.41 Å². The highest BCUT2D eigenvalue weighted by atomic mass is 15.2. The highest BCUT2D eigenvalue weighted by Crippen LogP contribution is 2.42. The molecule has 172 valence electrons. The molecule has 0 saturated carbocycles. The van der Waals surface area contributed by atoms with Crippen molar-refractivity contribution in [2.75, 3.05) is 0 Å². The minimum atomic E-state index is -0.146. The standard InChI is InChI=1S/C33H25N3/c1-33(2)20-19-27-30(33)31(24-14-10-13-23(21-24)22-11-4-3-5-12-22)35-32(34-27)36-28-17-8-6-15-25(28)26-16-7-9-18-29(26)36/h3-21H,1-2H3. The first-order chi connectivity index (χ1) is 17.6. The summed E-state index contributed by atoms with van der Waals surface area (Å²) >= 11 is 0. The van der Waals surface area contributed by atoms with E-state index in [0.29, 0.717) is 5.95 Å². The number of allylic oxidation sites excluding steroid dienone is 1. The largest absolute Gasteiger partial charge is 0.278 e. The van der Waals surface area contributed by atoms with Gasteiger partial charge in [0.15, 0.2) is 0 Å². The lowest BCUT2D eigenvalue weighted by Gasteiger charge is -2.22. The van der Waals surface area contributed by atoms with Crippen LogP contribution in [0.4, 0.5) is 0 Å².